The van der Waals surface area contributed by atoms with Gasteiger partial charge in [0.05, 0.1) is 6.61 Å². The molecule has 75 heavy (non-hydrogen) atoms. The van der Waals surface area contributed by atoms with Gasteiger partial charge in [-0.25, -0.2) is 4.79 Å². The normalized spacial score (nSPS) is 18.3. The van der Waals surface area contributed by atoms with Crippen molar-refractivity contribution in [3.05, 3.63) is 36.5 Å². The zero-order valence-electron chi connectivity index (χ0n) is 48.1. The molecule has 0 aromatic carbocycles. The fourth-order valence-electron chi connectivity index (χ4n) is 9.39. The number of rotatable bonds is 53. The van der Waals surface area contributed by atoms with E-state index in [-0.39, 0.29) is 25.9 Å². The van der Waals surface area contributed by atoms with Crippen molar-refractivity contribution in [2.24, 2.45) is 0 Å². The Bertz CT molecular complexity index is 1450. The molecule has 3 N–H and O–H groups in total. The van der Waals surface area contributed by atoms with Gasteiger partial charge in [-0.15, -0.1) is 0 Å². The van der Waals surface area contributed by atoms with Crippen molar-refractivity contribution in [2.45, 2.75) is 327 Å². The molecule has 1 aliphatic heterocycles. The lowest BCUT2D eigenvalue weighted by Gasteiger charge is -2.40. The molecule has 1 fully saturated rings. The van der Waals surface area contributed by atoms with Crippen LogP contribution in [0.1, 0.15) is 290 Å². The second-order valence-electron chi connectivity index (χ2n) is 21.3. The topological polar surface area (TPSA) is 175 Å². The van der Waals surface area contributed by atoms with E-state index in [2.05, 4.69) is 57.2 Å². The highest BCUT2D eigenvalue weighted by atomic mass is 16.7. The molecule has 0 aliphatic carbocycles. The number of unbranched alkanes of at least 4 members (excludes halogenated alkanes) is 33. The van der Waals surface area contributed by atoms with Crippen LogP contribution in [0.15, 0.2) is 36.5 Å². The van der Waals surface area contributed by atoms with Gasteiger partial charge in [0.2, 0.25) is 0 Å². The third-order valence-corrected chi connectivity index (χ3v) is 14.2. The van der Waals surface area contributed by atoms with Gasteiger partial charge in [-0.1, -0.05) is 231 Å². The van der Waals surface area contributed by atoms with Crippen LogP contribution >= 0.6 is 0 Å². The first-order chi connectivity index (χ1) is 36.6. The highest BCUT2D eigenvalue weighted by Gasteiger charge is 2.50. The zero-order valence-corrected chi connectivity index (χ0v) is 48.1. The standard InChI is InChI=1S/C63H112O12/c1-4-7-10-13-16-19-22-24-26-28-30-32-35-37-40-43-46-49-55(64)71-52-54(73-56(65)50-47-44-41-39-36-33-31-29-27-25-23-20-17-14-11-8-5-2)53-72-63-61(59(68)58(67)60(75-63)62(69)70)74-57(66)51-48-45-42-38-34-21-18-15-12-9-6-3/h16,19,24-27,54,58-61,63,67-68H,4-15,17-18,20-23,28-53H2,1-3H3,(H,69,70)/b19-16-,26-24-,27-25-. The van der Waals surface area contributed by atoms with Gasteiger partial charge in [0, 0.05) is 19.3 Å². The summed E-state index contributed by atoms with van der Waals surface area (Å²) in [5.74, 6) is -3.11. The van der Waals surface area contributed by atoms with Gasteiger partial charge >= 0.3 is 23.9 Å². The quantitative estimate of drug-likeness (QED) is 0.0228. The van der Waals surface area contributed by atoms with E-state index in [4.69, 9.17) is 23.7 Å². The molecule has 0 bridgehead atoms. The lowest BCUT2D eigenvalue weighted by molar-refractivity contribution is -0.301. The first-order valence-corrected chi connectivity index (χ1v) is 31.0. The van der Waals surface area contributed by atoms with Gasteiger partial charge in [-0.05, 0) is 77.0 Å². The molecule has 0 saturated carbocycles. The van der Waals surface area contributed by atoms with Crippen molar-refractivity contribution in [1.29, 1.82) is 0 Å². The average molecular weight is 1060 g/mol. The van der Waals surface area contributed by atoms with E-state index < -0.39 is 67.3 Å². The Hall–Kier alpha value is -3.06. The molecule has 1 saturated heterocycles. The molecule has 0 spiro atoms. The summed E-state index contributed by atoms with van der Waals surface area (Å²) >= 11 is 0. The van der Waals surface area contributed by atoms with Crippen LogP contribution in [0.4, 0.5) is 0 Å². The molecule has 1 rings (SSSR count). The summed E-state index contributed by atoms with van der Waals surface area (Å²) in [5, 5.41) is 31.5. The number of carbonyl (C=O) groups is 4. The maximum atomic E-state index is 13.2. The lowest BCUT2D eigenvalue weighted by atomic mass is 9.98. The van der Waals surface area contributed by atoms with E-state index in [9.17, 15) is 34.5 Å². The second kappa shape index (κ2) is 51.7. The van der Waals surface area contributed by atoms with Crippen molar-refractivity contribution in [3.63, 3.8) is 0 Å². The van der Waals surface area contributed by atoms with Gasteiger partial charge in [0.15, 0.2) is 24.6 Å². The Kier molecular flexibility index (Phi) is 48.2. The predicted octanol–water partition coefficient (Wildman–Crippen LogP) is 16.0. The number of carboxylic acids is 1. The Balaban J connectivity index is 2.67. The van der Waals surface area contributed by atoms with Crippen LogP contribution in [-0.2, 0) is 42.9 Å². The molecule has 1 aliphatic rings. The van der Waals surface area contributed by atoms with E-state index in [1.807, 2.05) is 0 Å². The number of aliphatic carboxylic acids is 1. The largest absolute Gasteiger partial charge is 0.479 e. The zero-order chi connectivity index (χ0) is 54.7. The fraction of sp³-hybridized carbons (Fsp3) is 0.841. The summed E-state index contributed by atoms with van der Waals surface area (Å²) < 4.78 is 28.5. The maximum Gasteiger partial charge on any atom is 0.335 e. The first kappa shape index (κ1) is 70.0. The van der Waals surface area contributed by atoms with E-state index in [1.54, 1.807) is 0 Å². The molecule has 0 radical (unpaired) electrons. The Morgan fingerprint density at radius 3 is 1.24 bits per heavy atom. The third kappa shape index (κ3) is 41.7. The molecular weight excluding hydrogens is 949 g/mol. The minimum absolute atomic E-state index is 0.0637. The van der Waals surface area contributed by atoms with Crippen molar-refractivity contribution in [2.75, 3.05) is 13.2 Å². The number of aliphatic hydroxyl groups excluding tert-OH is 2. The van der Waals surface area contributed by atoms with Gasteiger partial charge < -0.3 is 39.0 Å². The number of carboxylic acid groups (broad SMARTS) is 1. The molecular formula is C63H112O12. The van der Waals surface area contributed by atoms with Crippen LogP contribution < -0.4 is 0 Å². The second-order valence-corrected chi connectivity index (χ2v) is 21.3. The highest BCUT2D eigenvalue weighted by molar-refractivity contribution is 5.74. The smallest absolute Gasteiger partial charge is 0.335 e. The molecule has 6 unspecified atom stereocenters. The van der Waals surface area contributed by atoms with Gasteiger partial charge in [-0.3, -0.25) is 14.4 Å². The summed E-state index contributed by atoms with van der Waals surface area (Å²) in [6.45, 7) is 5.97. The van der Waals surface area contributed by atoms with Gasteiger partial charge in [0.25, 0.3) is 0 Å². The number of allylic oxidation sites excluding steroid dienone is 6. The molecule has 1 heterocycles. The van der Waals surface area contributed by atoms with Crippen molar-refractivity contribution in [1.82, 2.24) is 0 Å². The Labute approximate surface area is 457 Å². The third-order valence-electron chi connectivity index (χ3n) is 14.2. The summed E-state index contributed by atoms with van der Waals surface area (Å²) in [5.41, 5.74) is 0. The molecule has 0 aromatic rings. The van der Waals surface area contributed by atoms with Crippen LogP contribution in [0, 0.1) is 0 Å². The monoisotopic (exact) mass is 1060 g/mol. The summed E-state index contributed by atoms with van der Waals surface area (Å²) in [6.07, 6.45) is 48.2. The molecule has 436 valence electrons. The van der Waals surface area contributed by atoms with E-state index in [0.29, 0.717) is 19.3 Å². The highest BCUT2D eigenvalue weighted by Crippen LogP contribution is 2.27. The van der Waals surface area contributed by atoms with Crippen LogP contribution in [0.5, 0.6) is 0 Å². The van der Waals surface area contributed by atoms with Crippen LogP contribution in [0.2, 0.25) is 0 Å². The minimum atomic E-state index is -1.90. The number of aliphatic hydroxyl groups is 2. The number of hydrogen-bond acceptors (Lipinski definition) is 11. The van der Waals surface area contributed by atoms with Crippen molar-refractivity contribution < 1.29 is 58.2 Å². The van der Waals surface area contributed by atoms with E-state index in [1.165, 1.54) is 135 Å². The average Bonchev–Trinajstić information content (AvgIpc) is 3.39. The summed E-state index contributed by atoms with van der Waals surface area (Å²) in [6, 6.07) is 0. The number of carbonyl (C=O) groups excluding carboxylic acids is 3. The van der Waals surface area contributed by atoms with E-state index >= 15 is 0 Å². The minimum Gasteiger partial charge on any atom is -0.479 e. The predicted molar refractivity (Wildman–Crippen MR) is 303 cm³/mol. The Morgan fingerprint density at radius 1 is 0.440 bits per heavy atom. The molecule has 12 heteroatoms. The summed E-state index contributed by atoms with van der Waals surface area (Å²) in [7, 11) is 0. The van der Waals surface area contributed by atoms with Crippen molar-refractivity contribution >= 4 is 23.9 Å². The molecule has 0 aromatic heterocycles. The molecule has 12 nitrogen and oxygen atoms in total. The fourth-order valence-corrected chi connectivity index (χ4v) is 9.39. The van der Waals surface area contributed by atoms with Crippen LogP contribution in [0.3, 0.4) is 0 Å². The maximum absolute atomic E-state index is 13.2. The number of ether oxygens (including phenoxy) is 5. The number of esters is 3. The Morgan fingerprint density at radius 2 is 0.800 bits per heavy atom. The molecule has 6 atom stereocenters. The number of hydrogen-bond donors (Lipinski definition) is 3. The van der Waals surface area contributed by atoms with Gasteiger partial charge in [0.1, 0.15) is 18.8 Å². The first-order valence-electron chi connectivity index (χ1n) is 31.0. The van der Waals surface area contributed by atoms with E-state index in [0.717, 1.165) is 96.3 Å². The molecule has 0 amide bonds. The van der Waals surface area contributed by atoms with Gasteiger partial charge in [-0.2, -0.15) is 0 Å². The van der Waals surface area contributed by atoms with Crippen LogP contribution in [-0.4, -0.2) is 89.2 Å². The summed E-state index contributed by atoms with van der Waals surface area (Å²) in [4.78, 5) is 51.1. The van der Waals surface area contributed by atoms with Crippen LogP contribution in [0.25, 0.3) is 0 Å². The SMILES string of the molecule is CCCCC/C=C\C/C=C\CCCCCCCCCC(=O)OCC(COC1OC(C(=O)O)C(O)C(O)C1OC(=O)CCCCCCCCCCCCC)OC(=O)CCCCCCCCC/C=C\CCCCCCCC. The lowest BCUT2D eigenvalue weighted by Crippen LogP contribution is -2.61. The van der Waals surface area contributed by atoms with Crippen molar-refractivity contribution in [3.8, 4) is 0 Å².